The lowest BCUT2D eigenvalue weighted by Crippen LogP contribution is -2.56. The van der Waals surface area contributed by atoms with Gasteiger partial charge in [0.25, 0.3) is 5.91 Å². The van der Waals surface area contributed by atoms with Gasteiger partial charge in [-0.3, -0.25) is 15.0 Å². The van der Waals surface area contributed by atoms with Gasteiger partial charge in [0.15, 0.2) is 0 Å². The van der Waals surface area contributed by atoms with E-state index in [1.807, 2.05) is 78.9 Å². The summed E-state index contributed by atoms with van der Waals surface area (Å²) in [5.41, 5.74) is 11.7. The summed E-state index contributed by atoms with van der Waals surface area (Å²) in [4.78, 5) is 37.4. The monoisotopic (exact) mass is 517 g/mol. The number of para-hydroxylation sites is 1. The molecule has 0 atom stereocenters. The van der Waals surface area contributed by atoms with E-state index in [2.05, 4.69) is 16.1 Å². The zero-order valence-electron chi connectivity index (χ0n) is 22.0. The van der Waals surface area contributed by atoms with Gasteiger partial charge in [0.05, 0.1) is 37.4 Å². The van der Waals surface area contributed by atoms with Crippen LogP contribution in [-0.4, -0.2) is 42.0 Å². The summed E-state index contributed by atoms with van der Waals surface area (Å²) in [7, 11) is 1.56. The lowest BCUT2D eigenvalue weighted by molar-refractivity contribution is -0.144. The molecule has 3 aromatic carbocycles. The van der Waals surface area contributed by atoms with Crippen LogP contribution in [0.3, 0.4) is 0 Å². The van der Waals surface area contributed by atoms with Gasteiger partial charge >= 0.3 is 6.03 Å². The van der Waals surface area contributed by atoms with Crippen molar-refractivity contribution in [3.63, 3.8) is 0 Å². The summed E-state index contributed by atoms with van der Waals surface area (Å²) in [5, 5.41) is 6.64. The van der Waals surface area contributed by atoms with Gasteiger partial charge in [-0.05, 0) is 36.6 Å². The first-order chi connectivity index (χ1) is 18.2. The number of amides is 4. The van der Waals surface area contributed by atoms with Gasteiger partial charge < -0.3 is 21.1 Å². The van der Waals surface area contributed by atoms with Gasteiger partial charge in [-0.25, -0.2) is 9.80 Å². The lowest BCUT2D eigenvalue weighted by atomic mass is 10.0. The van der Waals surface area contributed by atoms with Gasteiger partial charge in [0.2, 0.25) is 5.91 Å². The molecule has 3 rings (SSSR count). The molecule has 38 heavy (non-hydrogen) atoms. The predicted octanol–water partition coefficient (Wildman–Crippen LogP) is 3.81. The molecule has 0 spiro atoms. The van der Waals surface area contributed by atoms with Crippen LogP contribution in [0.4, 0.5) is 10.5 Å². The number of ether oxygens (including phenoxy) is 1. The smallest absolute Gasteiger partial charge is 0.318 e. The predicted molar refractivity (Wildman–Crippen MR) is 148 cm³/mol. The summed E-state index contributed by atoms with van der Waals surface area (Å²) in [6.07, 6.45) is 0.0920. The first-order valence-corrected chi connectivity index (χ1v) is 12.4. The first kappa shape index (κ1) is 28.4. The Morgan fingerprint density at radius 3 is 2.21 bits per heavy atom. The minimum absolute atomic E-state index is 0.0920. The van der Waals surface area contributed by atoms with Crippen molar-refractivity contribution >= 4 is 23.5 Å². The molecule has 0 aliphatic rings. The molecule has 3 aromatic rings. The first-order valence-electron chi connectivity index (χ1n) is 12.4. The highest BCUT2D eigenvalue weighted by atomic mass is 16.5. The second-order valence-corrected chi connectivity index (χ2v) is 9.38. The molecule has 0 bridgehead atoms. The Labute approximate surface area is 223 Å². The van der Waals surface area contributed by atoms with E-state index in [1.54, 1.807) is 20.9 Å². The van der Waals surface area contributed by atoms with Crippen LogP contribution in [0, 0.1) is 0 Å². The lowest BCUT2D eigenvalue weighted by Gasteiger charge is -2.27. The van der Waals surface area contributed by atoms with Gasteiger partial charge in [-0.2, -0.15) is 0 Å². The number of rotatable bonds is 10. The molecule has 0 saturated heterocycles. The molecule has 5 N–H and O–H groups in total. The molecule has 0 fully saturated rings. The van der Waals surface area contributed by atoms with E-state index in [1.165, 1.54) is 5.01 Å². The number of urea groups is 1. The summed E-state index contributed by atoms with van der Waals surface area (Å²) in [6.45, 7) is 3.91. The number of carbonyl (C=O) groups is 3. The average molecular weight is 518 g/mol. The van der Waals surface area contributed by atoms with Gasteiger partial charge in [-0.1, -0.05) is 72.8 Å². The summed E-state index contributed by atoms with van der Waals surface area (Å²) in [6, 6.07) is 24.4. The largest absolute Gasteiger partial charge is 0.376 e. The molecular formula is C29H35N5O4. The molecule has 4 amide bonds. The maximum atomic E-state index is 13.0. The number of nitrogens with one attached hydrogen (secondary N) is 3. The highest BCUT2D eigenvalue weighted by molar-refractivity contribution is 5.94. The topological polar surface area (TPSA) is 126 Å². The van der Waals surface area contributed by atoms with Crippen molar-refractivity contribution in [2.45, 2.75) is 39.0 Å². The van der Waals surface area contributed by atoms with E-state index < -0.39 is 11.4 Å². The van der Waals surface area contributed by atoms with Gasteiger partial charge in [0.1, 0.15) is 0 Å². The van der Waals surface area contributed by atoms with Crippen LogP contribution >= 0.6 is 0 Å². The van der Waals surface area contributed by atoms with Crippen LogP contribution < -0.4 is 21.8 Å². The summed E-state index contributed by atoms with van der Waals surface area (Å²) >= 11 is 0. The molecule has 9 heteroatoms. The SMILES string of the molecule is CNC(=O)Nc1ccccc1-c1ccc(CN(NC(=O)C(C)(C)N)C(=O)CCOCc2ccccc2)cc1. The van der Waals surface area contributed by atoms with Crippen molar-refractivity contribution < 1.29 is 19.1 Å². The fourth-order valence-electron chi connectivity index (χ4n) is 3.52. The Hall–Kier alpha value is -4.21. The average Bonchev–Trinajstić information content (AvgIpc) is 2.91. The van der Waals surface area contributed by atoms with Crippen molar-refractivity contribution in [3.05, 3.63) is 90.0 Å². The zero-order valence-corrected chi connectivity index (χ0v) is 22.0. The van der Waals surface area contributed by atoms with Crippen molar-refractivity contribution in [1.29, 1.82) is 0 Å². The van der Waals surface area contributed by atoms with Crippen molar-refractivity contribution in [2.75, 3.05) is 19.0 Å². The van der Waals surface area contributed by atoms with Crippen LogP contribution in [0.2, 0.25) is 0 Å². The number of anilines is 1. The number of nitrogens with zero attached hydrogens (tertiary/aromatic N) is 1. The van der Waals surface area contributed by atoms with Crippen LogP contribution in [0.15, 0.2) is 78.9 Å². The van der Waals surface area contributed by atoms with E-state index in [-0.39, 0.29) is 31.5 Å². The molecule has 0 saturated carbocycles. The van der Waals surface area contributed by atoms with E-state index in [9.17, 15) is 14.4 Å². The number of nitrogens with two attached hydrogens (primary N) is 1. The number of hydrogen-bond acceptors (Lipinski definition) is 5. The molecule has 9 nitrogen and oxygen atoms in total. The normalized spacial score (nSPS) is 10.9. The highest BCUT2D eigenvalue weighted by Gasteiger charge is 2.26. The minimum Gasteiger partial charge on any atom is -0.376 e. The molecule has 0 aromatic heterocycles. The van der Waals surface area contributed by atoms with Crippen molar-refractivity contribution in [1.82, 2.24) is 15.8 Å². The van der Waals surface area contributed by atoms with Crippen LogP contribution in [0.1, 0.15) is 31.4 Å². The molecular weight excluding hydrogens is 482 g/mol. The number of carbonyl (C=O) groups excluding carboxylic acids is 3. The third kappa shape index (κ3) is 8.43. The van der Waals surface area contributed by atoms with Crippen molar-refractivity contribution in [2.24, 2.45) is 5.73 Å². The van der Waals surface area contributed by atoms with Crippen LogP contribution in [0.5, 0.6) is 0 Å². The van der Waals surface area contributed by atoms with Crippen LogP contribution in [0.25, 0.3) is 11.1 Å². The van der Waals surface area contributed by atoms with Crippen LogP contribution in [-0.2, 0) is 27.5 Å². The van der Waals surface area contributed by atoms with E-state index in [0.717, 1.165) is 22.3 Å². The summed E-state index contributed by atoms with van der Waals surface area (Å²) in [5.74, 6) is -0.762. The molecule has 0 unspecified atom stereocenters. The molecule has 0 aliphatic carbocycles. The fourth-order valence-corrected chi connectivity index (χ4v) is 3.52. The molecule has 0 radical (unpaired) electrons. The highest BCUT2D eigenvalue weighted by Crippen LogP contribution is 2.28. The molecule has 0 heterocycles. The van der Waals surface area contributed by atoms with E-state index >= 15 is 0 Å². The third-order valence-electron chi connectivity index (χ3n) is 5.70. The Morgan fingerprint density at radius 1 is 0.895 bits per heavy atom. The molecule has 200 valence electrons. The Morgan fingerprint density at radius 2 is 1.55 bits per heavy atom. The maximum absolute atomic E-state index is 13.0. The summed E-state index contributed by atoms with van der Waals surface area (Å²) < 4.78 is 5.66. The van der Waals surface area contributed by atoms with E-state index in [4.69, 9.17) is 10.5 Å². The van der Waals surface area contributed by atoms with Crippen molar-refractivity contribution in [3.8, 4) is 11.1 Å². The molecule has 0 aliphatic heterocycles. The second kappa shape index (κ2) is 13.4. The second-order valence-electron chi connectivity index (χ2n) is 9.38. The van der Waals surface area contributed by atoms with Gasteiger partial charge in [0, 0.05) is 12.6 Å². The Bertz CT molecular complexity index is 1220. The maximum Gasteiger partial charge on any atom is 0.318 e. The fraction of sp³-hybridized carbons (Fsp3) is 0.276. The minimum atomic E-state index is -1.16. The standard InChI is InChI=1S/C29H35N5O4/c1-29(2,30)27(36)33-34(26(35)17-18-38-20-22-9-5-4-6-10-22)19-21-13-15-23(16-14-21)24-11-7-8-12-25(24)32-28(37)31-3/h4-16H,17-20,30H2,1-3H3,(H,33,36)(H2,31,32,37). The van der Waals surface area contributed by atoms with E-state index in [0.29, 0.717) is 12.3 Å². The van der Waals surface area contributed by atoms with Gasteiger partial charge in [-0.15, -0.1) is 0 Å². The number of benzene rings is 3. The third-order valence-corrected chi connectivity index (χ3v) is 5.70. The Balaban J connectivity index is 1.69. The zero-order chi connectivity index (χ0) is 27.5. The quantitative estimate of drug-likeness (QED) is 0.240. The number of hydrogen-bond donors (Lipinski definition) is 4. The Kier molecular flexibility index (Phi) is 9.98. The number of hydrazine groups is 1.